The van der Waals surface area contributed by atoms with Gasteiger partial charge >= 0.3 is 0 Å². The van der Waals surface area contributed by atoms with Crippen LogP contribution in [0.25, 0.3) is 10.9 Å². The molecule has 1 atom stereocenters. The highest BCUT2D eigenvalue weighted by Crippen LogP contribution is 2.32. The number of rotatable bonds is 7. The van der Waals surface area contributed by atoms with Crippen molar-refractivity contribution in [3.8, 4) is 11.5 Å². The zero-order valence-electron chi connectivity index (χ0n) is 18.5. The predicted octanol–water partition coefficient (Wildman–Crippen LogP) is 2.50. The lowest BCUT2D eigenvalue weighted by atomic mass is 9.97. The number of piperidine rings is 1. The van der Waals surface area contributed by atoms with E-state index in [1.807, 2.05) is 29.0 Å². The van der Waals surface area contributed by atoms with Crippen LogP contribution < -0.4 is 20.5 Å². The molecule has 0 bridgehead atoms. The van der Waals surface area contributed by atoms with Gasteiger partial charge in [-0.05, 0) is 55.1 Å². The largest absolute Gasteiger partial charge is 0.454 e. The first kappa shape index (κ1) is 21.3. The molecule has 1 fully saturated rings. The summed E-state index contributed by atoms with van der Waals surface area (Å²) >= 11 is 0. The van der Waals surface area contributed by atoms with Gasteiger partial charge in [-0.2, -0.15) is 0 Å². The van der Waals surface area contributed by atoms with Crippen molar-refractivity contribution < 1.29 is 19.1 Å². The molecule has 0 radical (unpaired) electrons. The number of amides is 2. The molecular weight excluding hydrogens is 420 g/mol. The maximum Gasteiger partial charge on any atom is 0.251 e. The Kier molecular flexibility index (Phi) is 5.92. The Morgan fingerprint density at radius 1 is 1.12 bits per heavy atom. The van der Waals surface area contributed by atoms with Gasteiger partial charge in [0.25, 0.3) is 5.91 Å². The second-order valence-corrected chi connectivity index (χ2v) is 8.79. The standard InChI is InChI=1S/C25H28N4O4/c26-24(30)15-29-14-19(20-5-1-2-6-21(20)29)13-28-9-3-4-17(12-28)11-27-25(31)18-7-8-22-23(10-18)33-16-32-22/h1-2,5-8,10,14,17H,3-4,9,11-13,15-16H2,(H2,26,30)(H,27,31)/t17-/m0/s1. The van der Waals surface area contributed by atoms with Gasteiger partial charge in [0.1, 0.15) is 6.54 Å². The lowest BCUT2D eigenvalue weighted by molar-refractivity contribution is -0.118. The highest BCUT2D eigenvalue weighted by Gasteiger charge is 2.23. The molecule has 2 aliphatic heterocycles. The Morgan fingerprint density at radius 2 is 1.97 bits per heavy atom. The minimum atomic E-state index is -0.349. The molecule has 2 aliphatic rings. The highest BCUT2D eigenvalue weighted by molar-refractivity contribution is 5.95. The van der Waals surface area contributed by atoms with Crippen LogP contribution in [-0.2, 0) is 17.9 Å². The first-order valence-corrected chi connectivity index (χ1v) is 11.3. The van der Waals surface area contributed by atoms with Crippen molar-refractivity contribution in [2.24, 2.45) is 11.7 Å². The average Bonchev–Trinajstić information content (AvgIpc) is 3.42. The topological polar surface area (TPSA) is 98.8 Å². The molecule has 2 aromatic carbocycles. The Labute approximate surface area is 192 Å². The lowest BCUT2D eigenvalue weighted by Crippen LogP contribution is -2.40. The molecule has 0 aliphatic carbocycles. The second-order valence-electron chi connectivity index (χ2n) is 8.79. The van der Waals surface area contributed by atoms with Gasteiger partial charge < -0.3 is 25.1 Å². The molecule has 8 heteroatoms. The summed E-state index contributed by atoms with van der Waals surface area (Å²) in [5, 5.41) is 4.23. The summed E-state index contributed by atoms with van der Waals surface area (Å²) < 4.78 is 12.6. The normalized spacial score (nSPS) is 17.9. The summed E-state index contributed by atoms with van der Waals surface area (Å²) in [5.74, 6) is 1.22. The Hall–Kier alpha value is -3.52. The molecule has 5 rings (SSSR count). The summed E-state index contributed by atoms with van der Waals surface area (Å²) in [6, 6.07) is 13.4. The van der Waals surface area contributed by atoms with Crippen LogP contribution in [0.3, 0.4) is 0 Å². The Bertz CT molecular complexity index is 1190. The number of fused-ring (bicyclic) bond motifs is 2. The molecule has 3 N–H and O–H groups in total. The molecule has 33 heavy (non-hydrogen) atoms. The number of carbonyl (C=O) groups is 2. The quantitative estimate of drug-likeness (QED) is 0.579. The monoisotopic (exact) mass is 448 g/mol. The number of nitrogens with two attached hydrogens (primary N) is 1. The Morgan fingerprint density at radius 3 is 2.85 bits per heavy atom. The molecule has 1 saturated heterocycles. The minimum absolute atomic E-state index is 0.0973. The number of likely N-dealkylation sites (tertiary alicyclic amines) is 1. The number of aromatic nitrogens is 1. The summed E-state index contributed by atoms with van der Waals surface area (Å²) in [5.41, 5.74) is 8.23. The summed E-state index contributed by atoms with van der Waals surface area (Å²) in [6.07, 6.45) is 4.21. The molecule has 2 amide bonds. The third-order valence-electron chi connectivity index (χ3n) is 6.38. The van der Waals surface area contributed by atoms with Gasteiger partial charge in [0.05, 0.1) is 0 Å². The molecule has 0 unspecified atom stereocenters. The van der Waals surface area contributed by atoms with Crippen LogP contribution in [-0.4, -0.2) is 47.7 Å². The average molecular weight is 449 g/mol. The van der Waals surface area contributed by atoms with Crippen LogP contribution >= 0.6 is 0 Å². The van der Waals surface area contributed by atoms with Crippen molar-refractivity contribution >= 4 is 22.7 Å². The van der Waals surface area contributed by atoms with Gasteiger partial charge in [-0.15, -0.1) is 0 Å². The van der Waals surface area contributed by atoms with E-state index in [0.717, 1.165) is 43.4 Å². The maximum atomic E-state index is 12.6. The summed E-state index contributed by atoms with van der Waals surface area (Å²) in [6.45, 7) is 3.74. The van der Waals surface area contributed by atoms with Crippen LogP contribution in [0.1, 0.15) is 28.8 Å². The number of nitrogens with zero attached hydrogens (tertiary/aromatic N) is 2. The van der Waals surface area contributed by atoms with Crippen LogP contribution in [0.2, 0.25) is 0 Å². The van der Waals surface area contributed by atoms with E-state index < -0.39 is 0 Å². The third kappa shape index (κ3) is 4.66. The van der Waals surface area contributed by atoms with Crippen LogP contribution in [0, 0.1) is 5.92 Å². The first-order chi connectivity index (χ1) is 16.1. The van der Waals surface area contributed by atoms with Crippen molar-refractivity contribution in [3.63, 3.8) is 0 Å². The number of primary amides is 1. The van der Waals surface area contributed by atoms with E-state index in [9.17, 15) is 9.59 Å². The fourth-order valence-corrected chi connectivity index (χ4v) is 4.83. The van der Waals surface area contributed by atoms with E-state index in [1.165, 1.54) is 5.56 Å². The van der Waals surface area contributed by atoms with Crippen LogP contribution in [0.5, 0.6) is 11.5 Å². The smallest absolute Gasteiger partial charge is 0.251 e. The summed E-state index contributed by atoms with van der Waals surface area (Å²) in [7, 11) is 0. The zero-order valence-corrected chi connectivity index (χ0v) is 18.5. The van der Waals surface area contributed by atoms with Gasteiger partial charge in [-0.1, -0.05) is 18.2 Å². The van der Waals surface area contributed by atoms with Crippen molar-refractivity contribution in [2.45, 2.75) is 25.9 Å². The van der Waals surface area contributed by atoms with Gasteiger partial charge in [0.15, 0.2) is 11.5 Å². The molecule has 1 aromatic heterocycles. The van der Waals surface area contributed by atoms with E-state index in [-0.39, 0.29) is 25.2 Å². The highest BCUT2D eigenvalue weighted by atomic mass is 16.7. The Balaban J connectivity index is 1.21. The number of hydrogen-bond acceptors (Lipinski definition) is 5. The molecule has 3 aromatic rings. The number of benzene rings is 2. The molecule has 0 spiro atoms. The van der Waals surface area contributed by atoms with Crippen molar-refractivity contribution in [2.75, 3.05) is 26.4 Å². The van der Waals surface area contributed by atoms with E-state index in [4.69, 9.17) is 15.2 Å². The fraction of sp³-hybridized carbons (Fsp3) is 0.360. The minimum Gasteiger partial charge on any atom is -0.454 e. The molecule has 8 nitrogen and oxygen atoms in total. The predicted molar refractivity (Wildman–Crippen MR) is 124 cm³/mol. The van der Waals surface area contributed by atoms with Crippen LogP contribution in [0.4, 0.5) is 0 Å². The van der Waals surface area contributed by atoms with Crippen LogP contribution in [0.15, 0.2) is 48.7 Å². The van der Waals surface area contributed by atoms with Gasteiger partial charge in [0, 0.05) is 42.3 Å². The third-order valence-corrected chi connectivity index (χ3v) is 6.38. The number of hydrogen-bond donors (Lipinski definition) is 2. The number of nitrogens with one attached hydrogen (secondary N) is 1. The lowest BCUT2D eigenvalue weighted by Gasteiger charge is -2.32. The SMILES string of the molecule is NC(=O)Cn1cc(CN2CCC[C@@H](CNC(=O)c3ccc4c(c3)OCO4)C2)c2ccccc21. The van der Waals surface area contributed by atoms with Crippen molar-refractivity contribution in [3.05, 3.63) is 59.8 Å². The maximum absolute atomic E-state index is 12.6. The van der Waals surface area contributed by atoms with E-state index in [1.54, 1.807) is 18.2 Å². The molecular formula is C25H28N4O4. The van der Waals surface area contributed by atoms with E-state index in [0.29, 0.717) is 29.5 Å². The molecule has 3 heterocycles. The molecule has 172 valence electrons. The number of para-hydroxylation sites is 1. The number of carbonyl (C=O) groups excluding carboxylic acids is 2. The summed E-state index contributed by atoms with van der Waals surface area (Å²) in [4.78, 5) is 26.5. The second kappa shape index (κ2) is 9.15. The number of ether oxygens (including phenoxy) is 2. The fourth-order valence-electron chi connectivity index (χ4n) is 4.83. The first-order valence-electron chi connectivity index (χ1n) is 11.3. The van der Waals surface area contributed by atoms with E-state index >= 15 is 0 Å². The van der Waals surface area contributed by atoms with Gasteiger partial charge in [-0.25, -0.2) is 0 Å². The zero-order chi connectivity index (χ0) is 22.8. The van der Waals surface area contributed by atoms with Gasteiger partial charge in [0.2, 0.25) is 12.7 Å². The van der Waals surface area contributed by atoms with Gasteiger partial charge in [-0.3, -0.25) is 14.5 Å². The van der Waals surface area contributed by atoms with Crippen molar-refractivity contribution in [1.82, 2.24) is 14.8 Å². The van der Waals surface area contributed by atoms with E-state index in [2.05, 4.69) is 16.3 Å². The molecule has 0 saturated carbocycles. The van der Waals surface area contributed by atoms with Crippen molar-refractivity contribution in [1.29, 1.82) is 0 Å².